The van der Waals surface area contributed by atoms with E-state index in [-0.39, 0.29) is 43.0 Å². The Bertz CT molecular complexity index is 1180. The smallest absolute Gasteiger partial charge is 0.253 e. The van der Waals surface area contributed by atoms with E-state index in [0.29, 0.717) is 41.1 Å². The zero-order valence-corrected chi connectivity index (χ0v) is 20.7. The summed E-state index contributed by atoms with van der Waals surface area (Å²) in [4.78, 5) is 30.5. The maximum Gasteiger partial charge on any atom is 0.253 e. The van der Waals surface area contributed by atoms with Crippen LogP contribution in [0.5, 0.6) is 0 Å². The van der Waals surface area contributed by atoms with Crippen molar-refractivity contribution < 1.29 is 14.3 Å². The van der Waals surface area contributed by atoms with Crippen LogP contribution in [0.3, 0.4) is 0 Å². The van der Waals surface area contributed by atoms with Crippen LogP contribution in [0.25, 0.3) is 0 Å². The second-order valence-corrected chi connectivity index (χ2v) is 10.5. The molecule has 1 amide bonds. The molecule has 0 saturated heterocycles. The van der Waals surface area contributed by atoms with Crippen LogP contribution in [0, 0.1) is 5.92 Å². The van der Waals surface area contributed by atoms with Gasteiger partial charge in [-0.1, -0.05) is 29.8 Å². The zero-order valence-electron chi connectivity index (χ0n) is 20.0. The van der Waals surface area contributed by atoms with E-state index in [2.05, 4.69) is 43.4 Å². The lowest BCUT2D eigenvalue weighted by Gasteiger charge is -2.28. The molecule has 5 aliphatic rings. The van der Waals surface area contributed by atoms with E-state index in [1.165, 1.54) is 17.5 Å². The molecule has 1 aromatic heterocycles. The number of amides is 1. The fourth-order valence-electron chi connectivity index (χ4n) is 5.18. The highest BCUT2D eigenvalue weighted by molar-refractivity contribution is 6.33. The molecule has 0 spiro atoms. The number of hydrogen-bond acceptors (Lipinski definition) is 8. The van der Waals surface area contributed by atoms with Crippen molar-refractivity contribution >= 4 is 35.1 Å². The van der Waals surface area contributed by atoms with E-state index in [9.17, 15) is 9.59 Å². The van der Waals surface area contributed by atoms with E-state index < -0.39 is 6.10 Å². The fourth-order valence-corrected chi connectivity index (χ4v) is 5.47. The Morgan fingerprint density at radius 2 is 2.06 bits per heavy atom. The van der Waals surface area contributed by atoms with Crippen molar-refractivity contribution in [1.29, 1.82) is 0 Å². The predicted molar refractivity (Wildman–Crippen MR) is 135 cm³/mol. The van der Waals surface area contributed by atoms with E-state index in [0.717, 1.165) is 25.0 Å². The third-order valence-corrected chi connectivity index (χ3v) is 7.65. The van der Waals surface area contributed by atoms with Crippen molar-refractivity contribution in [3.05, 3.63) is 40.7 Å². The summed E-state index contributed by atoms with van der Waals surface area (Å²) >= 11 is 6.44. The highest BCUT2D eigenvalue weighted by Gasteiger charge is 2.35. The summed E-state index contributed by atoms with van der Waals surface area (Å²) in [6.07, 6.45) is 13.9. The molecule has 6 rings (SSSR count). The fraction of sp³-hybridized carbons (Fsp3) is 0.560. The first-order chi connectivity index (χ1) is 17.5. The van der Waals surface area contributed by atoms with E-state index >= 15 is 0 Å². The molecule has 4 unspecified atom stereocenters. The average molecular weight is 512 g/mol. The average Bonchev–Trinajstić information content (AvgIpc) is 3.46. The minimum Gasteiger partial charge on any atom is -0.371 e. The summed E-state index contributed by atoms with van der Waals surface area (Å²) in [6.45, 7) is 0.232. The van der Waals surface area contributed by atoms with Crippen LogP contribution >= 0.6 is 11.6 Å². The molecule has 1 fully saturated rings. The molecule has 3 aliphatic carbocycles. The summed E-state index contributed by atoms with van der Waals surface area (Å²) in [6, 6.07) is -0.270. The number of ether oxygens (including phenoxy) is 1. The second kappa shape index (κ2) is 9.82. The first-order valence-corrected chi connectivity index (χ1v) is 13.2. The monoisotopic (exact) mass is 511 g/mol. The standard InChI is InChI=1S/C25H30ClN7O3/c26-17-7-4-8-19(22(17)24(35)28-20-12-18(30-31-20)14-9-10-14)36-13-16-11-21(34)33-25(27-16)29-23(32-33)15-5-2-1-3-6-15/h1-2,4,7,14-16,19-20,31H,3,5-6,8-13H2,(H,28,35)(H,27,29,32). The Labute approximate surface area is 214 Å². The van der Waals surface area contributed by atoms with Crippen molar-refractivity contribution in [2.24, 2.45) is 11.0 Å². The maximum atomic E-state index is 13.1. The lowest BCUT2D eigenvalue weighted by atomic mass is 9.94. The van der Waals surface area contributed by atoms with Crippen molar-refractivity contribution in [3.63, 3.8) is 0 Å². The Hall–Kier alpha value is -2.98. The summed E-state index contributed by atoms with van der Waals surface area (Å²) < 4.78 is 7.53. The third-order valence-electron chi connectivity index (χ3n) is 7.32. The molecule has 1 aromatic rings. The van der Waals surface area contributed by atoms with Gasteiger partial charge in [0.25, 0.3) is 11.8 Å². The van der Waals surface area contributed by atoms with Gasteiger partial charge in [0.05, 0.1) is 35.8 Å². The molecule has 0 aromatic carbocycles. The second-order valence-electron chi connectivity index (χ2n) is 10.1. The van der Waals surface area contributed by atoms with Crippen molar-refractivity contribution in [2.75, 3.05) is 11.9 Å². The van der Waals surface area contributed by atoms with Crippen molar-refractivity contribution in [1.82, 2.24) is 25.5 Å². The normalized spacial score (nSPS) is 29.5. The van der Waals surface area contributed by atoms with Crippen LogP contribution in [0.4, 0.5) is 5.95 Å². The largest absolute Gasteiger partial charge is 0.371 e. The van der Waals surface area contributed by atoms with Crippen LogP contribution in [-0.4, -0.2) is 57.2 Å². The Kier molecular flexibility index (Phi) is 6.39. The summed E-state index contributed by atoms with van der Waals surface area (Å²) in [5.74, 6) is 1.58. The van der Waals surface area contributed by atoms with Crippen molar-refractivity contribution in [3.8, 4) is 0 Å². The number of carbonyl (C=O) groups excluding carboxylic acids is 2. The van der Waals surface area contributed by atoms with Crippen LogP contribution in [-0.2, 0) is 9.53 Å². The molecule has 4 atom stereocenters. The SMILES string of the molecule is O=C(NC1CC(C2CC2)=NN1)C1=C(Cl)C=CCC1OCC1CC(=O)n2nc(C3CC=CCC3)nc2N1. The van der Waals surface area contributed by atoms with Gasteiger partial charge in [-0.05, 0) is 50.5 Å². The molecule has 2 aliphatic heterocycles. The van der Waals surface area contributed by atoms with E-state index in [4.69, 9.17) is 16.3 Å². The number of carbonyl (C=O) groups is 2. The first kappa shape index (κ1) is 23.4. The van der Waals surface area contributed by atoms with Crippen LogP contribution in [0.1, 0.15) is 67.9 Å². The van der Waals surface area contributed by atoms with Gasteiger partial charge in [-0.15, -0.1) is 5.10 Å². The molecular weight excluding hydrogens is 482 g/mol. The number of anilines is 1. The molecule has 0 bridgehead atoms. The third kappa shape index (κ3) is 4.84. The minimum atomic E-state index is -0.506. The molecule has 10 nitrogen and oxygen atoms in total. The first-order valence-electron chi connectivity index (χ1n) is 12.8. The maximum absolute atomic E-state index is 13.1. The number of fused-ring (bicyclic) bond motifs is 1. The lowest BCUT2D eigenvalue weighted by Crippen LogP contribution is -2.45. The van der Waals surface area contributed by atoms with Crippen LogP contribution < -0.4 is 16.1 Å². The van der Waals surface area contributed by atoms with Gasteiger partial charge < -0.3 is 15.4 Å². The number of halogens is 1. The number of hydrazone groups is 1. The van der Waals surface area contributed by atoms with Gasteiger partial charge in [-0.2, -0.15) is 14.8 Å². The number of nitrogens with one attached hydrogen (secondary N) is 3. The van der Waals surface area contributed by atoms with Gasteiger partial charge in [0, 0.05) is 18.1 Å². The lowest BCUT2D eigenvalue weighted by molar-refractivity contribution is -0.119. The van der Waals surface area contributed by atoms with Gasteiger partial charge in [0.15, 0.2) is 5.82 Å². The molecule has 1 saturated carbocycles. The number of allylic oxidation sites excluding steroid dienone is 4. The van der Waals surface area contributed by atoms with Crippen LogP contribution in [0.15, 0.2) is 40.0 Å². The molecule has 11 heteroatoms. The Morgan fingerprint density at radius 1 is 1.17 bits per heavy atom. The quantitative estimate of drug-likeness (QED) is 0.481. The summed E-state index contributed by atoms with van der Waals surface area (Å²) in [7, 11) is 0. The van der Waals surface area contributed by atoms with Gasteiger partial charge in [-0.25, -0.2) is 0 Å². The molecule has 3 heterocycles. The Balaban J connectivity index is 1.07. The van der Waals surface area contributed by atoms with Gasteiger partial charge in [-0.3, -0.25) is 15.0 Å². The predicted octanol–water partition coefficient (Wildman–Crippen LogP) is 2.97. The topological polar surface area (TPSA) is 123 Å². The van der Waals surface area contributed by atoms with Gasteiger partial charge in [0.1, 0.15) is 6.17 Å². The molecule has 190 valence electrons. The van der Waals surface area contributed by atoms with E-state index in [1.807, 2.05) is 6.08 Å². The minimum absolute atomic E-state index is 0.115. The van der Waals surface area contributed by atoms with Gasteiger partial charge in [0.2, 0.25) is 5.95 Å². The van der Waals surface area contributed by atoms with E-state index in [1.54, 1.807) is 6.08 Å². The summed E-state index contributed by atoms with van der Waals surface area (Å²) in [5.41, 5.74) is 4.54. The number of rotatable bonds is 7. The zero-order chi connectivity index (χ0) is 24.6. The van der Waals surface area contributed by atoms with Gasteiger partial charge >= 0.3 is 0 Å². The van der Waals surface area contributed by atoms with Crippen LogP contribution in [0.2, 0.25) is 0 Å². The molecule has 3 N–H and O–H groups in total. The Morgan fingerprint density at radius 3 is 2.86 bits per heavy atom. The van der Waals surface area contributed by atoms with Crippen molar-refractivity contribution in [2.45, 2.75) is 75.6 Å². The highest BCUT2D eigenvalue weighted by atomic mass is 35.5. The molecule has 0 radical (unpaired) electrons. The summed E-state index contributed by atoms with van der Waals surface area (Å²) in [5, 5.41) is 15.5. The molecule has 36 heavy (non-hydrogen) atoms. The number of aromatic nitrogens is 3. The number of hydrogen-bond donors (Lipinski definition) is 3. The number of nitrogens with zero attached hydrogens (tertiary/aromatic N) is 4. The highest BCUT2D eigenvalue weighted by Crippen LogP contribution is 2.34. The molecular formula is C25H30ClN7O3.